The van der Waals surface area contributed by atoms with Crippen LogP contribution in [0.3, 0.4) is 0 Å². The summed E-state index contributed by atoms with van der Waals surface area (Å²) in [6.45, 7) is 23.1. The van der Waals surface area contributed by atoms with E-state index >= 15 is 0 Å². The lowest BCUT2D eigenvalue weighted by molar-refractivity contribution is -0.0504. The number of likely N-dealkylation sites (tertiary alicyclic amines) is 2. The number of alkyl halides is 2. The molecule has 6 rings (SSSR count). The number of piperidine rings is 2. The fourth-order valence-electron chi connectivity index (χ4n) is 6.30. The molecule has 2 N–H and O–H groups in total. The molecule has 0 atom stereocenters. The first-order valence-corrected chi connectivity index (χ1v) is 20.1. The zero-order valence-electron chi connectivity index (χ0n) is 35.2. The Bertz CT molecular complexity index is 752. The van der Waals surface area contributed by atoms with Gasteiger partial charge in [0.25, 0.3) is 5.92 Å². The second-order valence-corrected chi connectivity index (χ2v) is 16.2. The molecule has 6 fully saturated rings. The van der Waals surface area contributed by atoms with Gasteiger partial charge in [0.2, 0.25) is 0 Å². The number of rotatable bonds is 1. The van der Waals surface area contributed by atoms with Gasteiger partial charge >= 0.3 is 0 Å². The van der Waals surface area contributed by atoms with E-state index in [-0.39, 0.29) is 12.8 Å². The lowest BCUT2D eigenvalue weighted by Gasteiger charge is -2.32. The van der Waals surface area contributed by atoms with Crippen molar-refractivity contribution in [2.45, 2.75) is 50.5 Å². The molecule has 0 radical (unpaired) electrons. The molecule has 0 spiro atoms. The Hall–Kier alpha value is -0.580. The summed E-state index contributed by atoms with van der Waals surface area (Å²) in [7, 11) is 21.5. The third-order valence-corrected chi connectivity index (χ3v) is 10.7. The van der Waals surface area contributed by atoms with Crippen LogP contribution >= 0.6 is 0 Å². The normalized spacial score (nSPS) is 25.8. The van der Waals surface area contributed by atoms with E-state index in [0.717, 1.165) is 25.7 Å². The van der Waals surface area contributed by atoms with Gasteiger partial charge in [-0.15, -0.1) is 0 Å². The molecule has 0 aliphatic carbocycles. The molecule has 0 bridgehead atoms. The van der Waals surface area contributed by atoms with Crippen molar-refractivity contribution in [3.63, 3.8) is 0 Å². The maximum atomic E-state index is 12.4. The summed E-state index contributed by atoms with van der Waals surface area (Å²) < 4.78 is 24.7. The van der Waals surface area contributed by atoms with Gasteiger partial charge in [0, 0.05) is 111 Å². The first kappa shape index (κ1) is 48.4. The van der Waals surface area contributed by atoms with E-state index in [1.54, 1.807) is 0 Å². The Morgan fingerprint density at radius 3 is 1.12 bits per heavy atom. The van der Waals surface area contributed by atoms with Crippen molar-refractivity contribution >= 4 is 0 Å². The van der Waals surface area contributed by atoms with Crippen LogP contribution in [-0.4, -0.2) is 257 Å². The smallest absolute Gasteiger partial charge is 0.250 e. The van der Waals surface area contributed by atoms with Crippen LogP contribution in [0.5, 0.6) is 0 Å². The van der Waals surface area contributed by atoms with Crippen molar-refractivity contribution in [2.75, 3.05) is 201 Å². The standard InChI is InChI=1S/C8H18N2.C7H16N2.C6H11F2N.2C6H14N2.C5H12N2/c1-9(2)8-4-6-10(3)7-5-8;1-8-4-3-5-9(2)7-6-8;1-9-4-2-6(7,8)3-5-9;1-7-3-5-8(2)6-4-7;1-8-5-2-3-7-4-6-8;1-7-4-2-6-3-5-7/h8H,4-7H2,1-3H3;3-7H2,1-2H3;2-5H2,1H3;3-6H2,1-2H3;7H,2-6H2,1H3;6H,2-5H2,1H3. The summed E-state index contributed by atoms with van der Waals surface area (Å²) in [4.78, 5) is 20.9. The number of hydrogen-bond acceptors (Lipinski definition) is 11. The lowest BCUT2D eigenvalue weighted by Crippen LogP contribution is -2.42. The van der Waals surface area contributed by atoms with Crippen LogP contribution in [0.2, 0.25) is 0 Å². The number of likely N-dealkylation sites (N-methyl/N-ethyl adjacent to an activating group) is 6. The third-order valence-electron chi connectivity index (χ3n) is 10.7. The van der Waals surface area contributed by atoms with E-state index in [0.29, 0.717) is 13.1 Å². The largest absolute Gasteiger partial charge is 0.315 e. The van der Waals surface area contributed by atoms with E-state index in [1.807, 2.05) is 11.9 Å². The van der Waals surface area contributed by atoms with Gasteiger partial charge in [0.1, 0.15) is 0 Å². The highest BCUT2D eigenvalue weighted by atomic mass is 19.3. The fraction of sp³-hybridized carbons (Fsp3) is 1.00. The molecule has 11 nitrogen and oxygen atoms in total. The van der Waals surface area contributed by atoms with Gasteiger partial charge in [0.15, 0.2) is 0 Å². The summed E-state index contributed by atoms with van der Waals surface area (Å²) in [5.41, 5.74) is 0. The molecule has 0 aromatic rings. The van der Waals surface area contributed by atoms with Gasteiger partial charge in [-0.05, 0) is 135 Å². The molecule has 6 heterocycles. The molecule has 6 aliphatic heterocycles. The average Bonchev–Trinajstić information content (AvgIpc) is 3.46. The van der Waals surface area contributed by atoms with E-state index < -0.39 is 5.92 Å². The Labute approximate surface area is 315 Å². The van der Waals surface area contributed by atoms with Gasteiger partial charge in [-0.25, -0.2) is 8.78 Å². The average molecular weight is 734 g/mol. The maximum Gasteiger partial charge on any atom is 0.250 e. The summed E-state index contributed by atoms with van der Waals surface area (Å²) in [6, 6.07) is 0.830. The number of nitrogens with zero attached hydrogens (tertiary/aromatic N) is 9. The quantitative estimate of drug-likeness (QED) is 0.413. The molecule has 0 aromatic heterocycles. The van der Waals surface area contributed by atoms with Crippen molar-refractivity contribution in [1.29, 1.82) is 0 Å². The molecule has 0 amide bonds. The minimum Gasteiger partial charge on any atom is -0.315 e. The predicted molar refractivity (Wildman–Crippen MR) is 216 cm³/mol. The zero-order valence-corrected chi connectivity index (χ0v) is 35.2. The van der Waals surface area contributed by atoms with Crippen molar-refractivity contribution < 1.29 is 8.78 Å². The Balaban J connectivity index is 0.000000307. The SMILES string of the molecule is CN1CCC(F)(F)CC1.CN1CCC(N(C)C)CC1.CN1CCCN(C)CC1.CN1CCCNCC1.CN1CCN(C)CC1.CN1CCNCC1. The minimum atomic E-state index is -2.38. The Kier molecular flexibility index (Phi) is 27.4. The van der Waals surface area contributed by atoms with Crippen LogP contribution in [-0.2, 0) is 0 Å². The molecular weight excluding hydrogens is 648 g/mol. The summed E-state index contributed by atoms with van der Waals surface area (Å²) >= 11 is 0. The zero-order chi connectivity index (χ0) is 38.1. The second-order valence-electron chi connectivity index (χ2n) is 16.2. The van der Waals surface area contributed by atoms with Crippen molar-refractivity contribution in [3.05, 3.63) is 0 Å². The van der Waals surface area contributed by atoms with Gasteiger partial charge in [0.05, 0.1) is 0 Å². The van der Waals surface area contributed by atoms with E-state index in [2.05, 4.69) is 113 Å². The second kappa shape index (κ2) is 28.8. The Morgan fingerprint density at radius 1 is 0.412 bits per heavy atom. The highest BCUT2D eigenvalue weighted by Gasteiger charge is 2.32. The van der Waals surface area contributed by atoms with Crippen LogP contribution in [0.15, 0.2) is 0 Å². The summed E-state index contributed by atoms with van der Waals surface area (Å²) in [6.07, 6.45) is 5.36. The van der Waals surface area contributed by atoms with Crippen molar-refractivity contribution in [1.82, 2.24) is 54.7 Å². The van der Waals surface area contributed by atoms with Crippen LogP contribution in [0.1, 0.15) is 38.5 Å². The molecule has 0 saturated carbocycles. The van der Waals surface area contributed by atoms with Crippen LogP contribution in [0, 0.1) is 0 Å². The van der Waals surface area contributed by atoms with Crippen molar-refractivity contribution in [2.24, 2.45) is 0 Å². The number of nitrogens with one attached hydrogen (secondary N) is 2. The topological polar surface area (TPSA) is 53.2 Å². The Morgan fingerprint density at radius 2 is 0.725 bits per heavy atom. The van der Waals surface area contributed by atoms with Gasteiger partial charge in [-0.3, -0.25) is 0 Å². The van der Waals surface area contributed by atoms with Crippen molar-refractivity contribution in [3.8, 4) is 0 Å². The first-order chi connectivity index (χ1) is 24.2. The molecule has 0 aromatic carbocycles. The van der Waals surface area contributed by atoms with Crippen LogP contribution < -0.4 is 10.6 Å². The monoisotopic (exact) mass is 734 g/mol. The number of halogens is 2. The van der Waals surface area contributed by atoms with Crippen LogP contribution in [0.4, 0.5) is 8.78 Å². The third kappa shape index (κ3) is 27.6. The summed E-state index contributed by atoms with van der Waals surface area (Å²) in [5.74, 6) is -2.38. The fourth-order valence-corrected chi connectivity index (χ4v) is 6.30. The predicted octanol–water partition coefficient (Wildman–Crippen LogP) is 1.54. The van der Waals surface area contributed by atoms with Gasteiger partial charge in [-0.1, -0.05) is 0 Å². The van der Waals surface area contributed by atoms with E-state index in [1.165, 1.54) is 124 Å². The first-order valence-electron chi connectivity index (χ1n) is 20.1. The molecule has 306 valence electrons. The van der Waals surface area contributed by atoms with Gasteiger partial charge < -0.3 is 54.7 Å². The highest BCUT2D eigenvalue weighted by Crippen LogP contribution is 2.26. The maximum absolute atomic E-state index is 12.4. The lowest BCUT2D eigenvalue weighted by atomic mass is 10.1. The molecular formula is C38H85F2N11. The molecule has 0 unspecified atom stereocenters. The van der Waals surface area contributed by atoms with Gasteiger partial charge in [-0.2, -0.15) is 0 Å². The summed E-state index contributed by atoms with van der Waals surface area (Å²) in [5, 5.41) is 6.61. The van der Waals surface area contributed by atoms with E-state index in [4.69, 9.17) is 0 Å². The molecule has 13 heteroatoms. The number of piperazine rings is 2. The highest BCUT2D eigenvalue weighted by molar-refractivity contribution is 4.76. The molecule has 51 heavy (non-hydrogen) atoms. The minimum absolute atomic E-state index is 0.0312. The molecule has 6 saturated heterocycles. The van der Waals surface area contributed by atoms with Crippen LogP contribution in [0.25, 0.3) is 0 Å². The number of hydrogen-bond donors (Lipinski definition) is 2. The molecule has 6 aliphatic rings. The van der Waals surface area contributed by atoms with E-state index in [9.17, 15) is 8.78 Å².